The van der Waals surface area contributed by atoms with Crippen molar-refractivity contribution in [2.45, 2.75) is 6.92 Å². The first kappa shape index (κ1) is 12.8. The number of anilines is 1. The Morgan fingerprint density at radius 1 is 1.53 bits per heavy atom. The number of ether oxygens (including phenoxy) is 1. The highest BCUT2D eigenvalue weighted by atomic mass is 79.9. The molecule has 15 heavy (non-hydrogen) atoms. The van der Waals surface area contributed by atoms with E-state index in [9.17, 15) is 0 Å². The molecule has 0 saturated carbocycles. The highest BCUT2D eigenvalue weighted by Gasteiger charge is 2.04. The van der Waals surface area contributed by atoms with E-state index in [1.807, 2.05) is 18.2 Å². The monoisotopic (exact) mass is 291 g/mol. The molecule has 0 aliphatic rings. The molecule has 0 heterocycles. The molecular formula is C11H15BrClNO. The van der Waals surface area contributed by atoms with Crippen molar-refractivity contribution in [3.63, 3.8) is 0 Å². The summed E-state index contributed by atoms with van der Waals surface area (Å²) in [6.45, 7) is 3.76. The lowest BCUT2D eigenvalue weighted by molar-refractivity contribution is 0.164. The van der Waals surface area contributed by atoms with Crippen LogP contribution in [0, 0.1) is 5.92 Å². The fourth-order valence-electron chi connectivity index (χ4n) is 1.26. The lowest BCUT2D eigenvalue weighted by Crippen LogP contribution is -2.15. The van der Waals surface area contributed by atoms with Crippen LogP contribution < -0.4 is 5.32 Å². The Kier molecular flexibility index (Phi) is 5.43. The highest BCUT2D eigenvalue weighted by molar-refractivity contribution is 9.10. The van der Waals surface area contributed by atoms with Crippen LogP contribution in [0.3, 0.4) is 0 Å². The molecule has 0 aromatic heterocycles. The molecule has 1 N–H and O–H groups in total. The van der Waals surface area contributed by atoms with Crippen molar-refractivity contribution in [1.82, 2.24) is 0 Å². The van der Waals surface area contributed by atoms with Crippen LogP contribution >= 0.6 is 27.5 Å². The Labute approximate surface area is 104 Å². The Morgan fingerprint density at radius 2 is 2.27 bits per heavy atom. The van der Waals surface area contributed by atoms with Gasteiger partial charge in [-0.1, -0.05) is 18.5 Å². The van der Waals surface area contributed by atoms with E-state index in [-0.39, 0.29) is 0 Å². The van der Waals surface area contributed by atoms with Crippen molar-refractivity contribution in [1.29, 1.82) is 0 Å². The van der Waals surface area contributed by atoms with Crippen LogP contribution in [0.1, 0.15) is 6.92 Å². The number of nitrogens with one attached hydrogen (secondary N) is 1. The van der Waals surface area contributed by atoms with Gasteiger partial charge >= 0.3 is 0 Å². The van der Waals surface area contributed by atoms with Crippen molar-refractivity contribution < 1.29 is 4.74 Å². The molecule has 0 saturated heterocycles. The molecule has 0 radical (unpaired) electrons. The lowest BCUT2D eigenvalue weighted by Gasteiger charge is -2.13. The van der Waals surface area contributed by atoms with E-state index in [1.165, 1.54) is 0 Å². The number of rotatable bonds is 5. The summed E-state index contributed by atoms with van der Waals surface area (Å²) in [6.07, 6.45) is 0. The molecule has 0 aliphatic heterocycles. The van der Waals surface area contributed by atoms with Crippen LogP contribution in [0.4, 0.5) is 5.69 Å². The van der Waals surface area contributed by atoms with Crippen LogP contribution in [-0.4, -0.2) is 20.3 Å². The minimum absolute atomic E-state index is 0.473. The van der Waals surface area contributed by atoms with Crippen molar-refractivity contribution >= 4 is 33.2 Å². The summed E-state index contributed by atoms with van der Waals surface area (Å²) >= 11 is 9.37. The zero-order valence-corrected chi connectivity index (χ0v) is 11.2. The van der Waals surface area contributed by atoms with Gasteiger partial charge in [0.15, 0.2) is 0 Å². The van der Waals surface area contributed by atoms with Crippen LogP contribution in [0.2, 0.25) is 5.02 Å². The Balaban J connectivity index is 2.53. The van der Waals surface area contributed by atoms with Crippen molar-refractivity contribution in [3.05, 3.63) is 27.7 Å². The topological polar surface area (TPSA) is 21.3 Å². The first-order valence-corrected chi connectivity index (χ1v) is 5.98. The second-order valence-electron chi connectivity index (χ2n) is 3.57. The van der Waals surface area contributed by atoms with E-state index in [1.54, 1.807) is 7.11 Å². The van der Waals surface area contributed by atoms with Gasteiger partial charge in [0, 0.05) is 28.8 Å². The zero-order valence-electron chi connectivity index (χ0n) is 8.89. The van der Waals surface area contributed by atoms with Gasteiger partial charge in [0.25, 0.3) is 0 Å². The third-order valence-electron chi connectivity index (χ3n) is 2.02. The predicted octanol–water partition coefficient (Wildman–Crippen LogP) is 3.80. The largest absolute Gasteiger partial charge is 0.384 e. The second-order valence-corrected chi connectivity index (χ2v) is 4.86. The molecule has 2 nitrogen and oxygen atoms in total. The Bertz CT molecular complexity index is 319. The average molecular weight is 293 g/mol. The minimum atomic E-state index is 0.473. The van der Waals surface area contributed by atoms with Crippen molar-refractivity contribution in [2.75, 3.05) is 25.6 Å². The molecule has 1 unspecified atom stereocenters. The molecular weight excluding hydrogens is 277 g/mol. The third-order valence-corrected chi connectivity index (χ3v) is 2.95. The first-order valence-electron chi connectivity index (χ1n) is 4.81. The number of methoxy groups -OCH3 is 1. The smallest absolute Gasteiger partial charge is 0.0504 e. The summed E-state index contributed by atoms with van der Waals surface area (Å²) in [5, 5.41) is 4.06. The predicted molar refractivity (Wildman–Crippen MR) is 68.7 cm³/mol. The molecule has 0 fully saturated rings. The third kappa shape index (κ3) is 4.41. The SMILES string of the molecule is COCC(C)CNc1cc(Cl)ccc1Br. The maximum absolute atomic E-state index is 5.91. The summed E-state index contributed by atoms with van der Waals surface area (Å²) in [5.41, 5.74) is 1.02. The van der Waals surface area contributed by atoms with Gasteiger partial charge in [-0.05, 0) is 40.0 Å². The van der Waals surface area contributed by atoms with Gasteiger partial charge in [-0.15, -0.1) is 0 Å². The fourth-order valence-corrected chi connectivity index (χ4v) is 1.82. The van der Waals surface area contributed by atoms with Gasteiger partial charge in [-0.3, -0.25) is 0 Å². The Morgan fingerprint density at radius 3 is 2.93 bits per heavy atom. The van der Waals surface area contributed by atoms with Gasteiger partial charge in [0.2, 0.25) is 0 Å². The molecule has 1 aromatic carbocycles. The van der Waals surface area contributed by atoms with Gasteiger partial charge in [-0.25, -0.2) is 0 Å². The second kappa shape index (κ2) is 6.36. The van der Waals surface area contributed by atoms with Crippen molar-refractivity contribution in [3.8, 4) is 0 Å². The van der Waals surface area contributed by atoms with E-state index in [0.717, 1.165) is 28.3 Å². The highest BCUT2D eigenvalue weighted by Crippen LogP contribution is 2.25. The van der Waals surface area contributed by atoms with E-state index in [2.05, 4.69) is 28.2 Å². The molecule has 0 bridgehead atoms. The van der Waals surface area contributed by atoms with Gasteiger partial charge in [0.05, 0.1) is 6.61 Å². The van der Waals surface area contributed by atoms with Crippen LogP contribution in [-0.2, 0) is 4.74 Å². The molecule has 4 heteroatoms. The standard InChI is InChI=1S/C11H15BrClNO/c1-8(7-15-2)6-14-11-5-9(13)3-4-10(11)12/h3-5,8,14H,6-7H2,1-2H3. The minimum Gasteiger partial charge on any atom is -0.384 e. The summed E-state index contributed by atoms with van der Waals surface area (Å²) < 4.78 is 6.09. The number of benzene rings is 1. The fraction of sp³-hybridized carbons (Fsp3) is 0.455. The first-order chi connectivity index (χ1) is 7.13. The van der Waals surface area contributed by atoms with Crippen LogP contribution in [0.15, 0.2) is 22.7 Å². The molecule has 1 rings (SSSR count). The van der Waals surface area contributed by atoms with Crippen LogP contribution in [0.5, 0.6) is 0 Å². The van der Waals surface area contributed by atoms with E-state index >= 15 is 0 Å². The molecule has 84 valence electrons. The summed E-state index contributed by atoms with van der Waals surface area (Å²) in [7, 11) is 1.71. The Hall–Kier alpha value is -0.250. The summed E-state index contributed by atoms with van der Waals surface area (Å²) in [5.74, 6) is 0.473. The normalized spacial score (nSPS) is 12.5. The zero-order chi connectivity index (χ0) is 11.3. The van der Waals surface area contributed by atoms with Gasteiger partial charge in [0.1, 0.15) is 0 Å². The molecule has 0 amide bonds. The molecule has 0 aliphatic carbocycles. The van der Waals surface area contributed by atoms with Gasteiger partial charge in [-0.2, -0.15) is 0 Å². The summed E-state index contributed by atoms with van der Waals surface area (Å²) in [4.78, 5) is 0. The average Bonchev–Trinajstić information content (AvgIpc) is 2.20. The van der Waals surface area contributed by atoms with Gasteiger partial charge < -0.3 is 10.1 Å². The van der Waals surface area contributed by atoms with E-state index in [4.69, 9.17) is 16.3 Å². The van der Waals surface area contributed by atoms with E-state index in [0.29, 0.717) is 5.92 Å². The quantitative estimate of drug-likeness (QED) is 0.891. The number of hydrogen-bond donors (Lipinski definition) is 1. The summed E-state index contributed by atoms with van der Waals surface area (Å²) in [6, 6.07) is 5.70. The maximum Gasteiger partial charge on any atom is 0.0504 e. The molecule has 1 atom stereocenters. The molecule has 1 aromatic rings. The maximum atomic E-state index is 5.91. The number of hydrogen-bond acceptors (Lipinski definition) is 2. The lowest BCUT2D eigenvalue weighted by atomic mass is 10.2. The number of halogens is 2. The molecule has 0 spiro atoms. The van der Waals surface area contributed by atoms with Crippen molar-refractivity contribution in [2.24, 2.45) is 5.92 Å². The van der Waals surface area contributed by atoms with E-state index < -0.39 is 0 Å². The van der Waals surface area contributed by atoms with Crippen LogP contribution in [0.25, 0.3) is 0 Å².